The van der Waals surface area contributed by atoms with Crippen molar-refractivity contribution in [1.29, 1.82) is 0 Å². The molecule has 0 bridgehead atoms. The van der Waals surface area contributed by atoms with Crippen molar-refractivity contribution in [2.75, 3.05) is 6.54 Å². The Morgan fingerprint density at radius 2 is 1.94 bits per heavy atom. The Labute approximate surface area is 103 Å². The minimum atomic E-state index is 0.124. The van der Waals surface area contributed by atoms with Gasteiger partial charge in [0.25, 0.3) is 0 Å². The normalized spacial score (nSPS) is 24.5. The molecule has 0 spiro atoms. The summed E-state index contributed by atoms with van der Waals surface area (Å²) < 4.78 is 2.34. The maximum absolute atomic E-state index is 6.05. The van der Waals surface area contributed by atoms with Crippen LogP contribution in [0.25, 0.3) is 0 Å². The zero-order valence-electron chi connectivity index (χ0n) is 10.4. The molecule has 2 aliphatic carbocycles. The molecule has 0 unspecified atom stereocenters. The highest BCUT2D eigenvalue weighted by Gasteiger charge is 2.39. The fourth-order valence-corrected chi connectivity index (χ4v) is 3.64. The van der Waals surface area contributed by atoms with Gasteiger partial charge < -0.3 is 10.3 Å². The Bertz CT molecular complexity index is 373. The van der Waals surface area contributed by atoms with Crippen LogP contribution in [0.15, 0.2) is 6.33 Å². The van der Waals surface area contributed by atoms with Crippen LogP contribution in [-0.2, 0) is 5.41 Å². The highest BCUT2D eigenvalue weighted by atomic mass is 15.3. The first-order valence-electron chi connectivity index (χ1n) is 6.96. The summed E-state index contributed by atoms with van der Waals surface area (Å²) in [5.41, 5.74) is 6.17. The van der Waals surface area contributed by atoms with Crippen molar-refractivity contribution in [2.24, 2.45) is 5.73 Å². The third-order valence-electron chi connectivity index (χ3n) is 4.72. The van der Waals surface area contributed by atoms with Crippen molar-refractivity contribution in [3.05, 3.63) is 12.2 Å². The van der Waals surface area contributed by atoms with Crippen LogP contribution in [0.3, 0.4) is 0 Å². The van der Waals surface area contributed by atoms with Gasteiger partial charge in [-0.2, -0.15) is 0 Å². The van der Waals surface area contributed by atoms with E-state index in [9.17, 15) is 0 Å². The SMILES string of the molecule is NCC1(c2nncn2C2CCCC2)CCCC1. The zero-order chi connectivity index (χ0) is 11.7. The lowest BCUT2D eigenvalue weighted by Gasteiger charge is -2.28. The van der Waals surface area contributed by atoms with Gasteiger partial charge in [0.05, 0.1) is 0 Å². The molecule has 4 heteroatoms. The summed E-state index contributed by atoms with van der Waals surface area (Å²) in [4.78, 5) is 0. The van der Waals surface area contributed by atoms with Gasteiger partial charge in [0.1, 0.15) is 12.2 Å². The van der Waals surface area contributed by atoms with Gasteiger partial charge in [0.15, 0.2) is 0 Å². The summed E-state index contributed by atoms with van der Waals surface area (Å²) in [5, 5.41) is 8.58. The van der Waals surface area contributed by atoms with Crippen LogP contribution in [0, 0.1) is 0 Å². The Kier molecular flexibility index (Phi) is 2.90. The molecule has 1 aromatic heterocycles. The van der Waals surface area contributed by atoms with Crippen LogP contribution < -0.4 is 5.73 Å². The largest absolute Gasteiger partial charge is 0.329 e. The molecule has 0 atom stereocenters. The second-order valence-corrected chi connectivity index (χ2v) is 5.69. The summed E-state index contributed by atoms with van der Waals surface area (Å²) >= 11 is 0. The molecular weight excluding hydrogens is 212 g/mol. The van der Waals surface area contributed by atoms with Gasteiger partial charge in [0, 0.05) is 18.0 Å². The molecule has 0 aromatic carbocycles. The van der Waals surface area contributed by atoms with E-state index in [1.54, 1.807) is 0 Å². The van der Waals surface area contributed by atoms with Gasteiger partial charge in [-0.3, -0.25) is 0 Å². The number of hydrogen-bond acceptors (Lipinski definition) is 3. The van der Waals surface area contributed by atoms with E-state index in [0.717, 1.165) is 6.54 Å². The molecule has 2 saturated carbocycles. The van der Waals surface area contributed by atoms with Crippen LogP contribution in [0.5, 0.6) is 0 Å². The molecule has 1 aromatic rings. The van der Waals surface area contributed by atoms with E-state index in [4.69, 9.17) is 5.73 Å². The predicted molar refractivity (Wildman–Crippen MR) is 66.7 cm³/mol. The van der Waals surface area contributed by atoms with E-state index in [-0.39, 0.29) is 5.41 Å². The van der Waals surface area contributed by atoms with E-state index < -0.39 is 0 Å². The smallest absolute Gasteiger partial charge is 0.140 e. The van der Waals surface area contributed by atoms with Crippen LogP contribution in [0.4, 0.5) is 0 Å². The highest BCUT2D eigenvalue weighted by molar-refractivity contribution is 5.13. The topological polar surface area (TPSA) is 56.7 Å². The highest BCUT2D eigenvalue weighted by Crippen LogP contribution is 2.41. The average molecular weight is 234 g/mol. The summed E-state index contributed by atoms with van der Waals surface area (Å²) in [7, 11) is 0. The Balaban J connectivity index is 1.94. The maximum atomic E-state index is 6.05. The van der Waals surface area contributed by atoms with E-state index >= 15 is 0 Å². The van der Waals surface area contributed by atoms with Gasteiger partial charge in [0.2, 0.25) is 0 Å². The van der Waals surface area contributed by atoms with Crippen molar-refractivity contribution in [3.63, 3.8) is 0 Å². The molecule has 0 radical (unpaired) electrons. The molecule has 1 heterocycles. The Hall–Kier alpha value is -0.900. The lowest BCUT2D eigenvalue weighted by atomic mass is 9.85. The van der Waals surface area contributed by atoms with Crippen molar-refractivity contribution in [3.8, 4) is 0 Å². The van der Waals surface area contributed by atoms with Crippen LogP contribution >= 0.6 is 0 Å². The van der Waals surface area contributed by atoms with Crippen molar-refractivity contribution in [1.82, 2.24) is 14.8 Å². The summed E-state index contributed by atoms with van der Waals surface area (Å²) in [6.07, 6.45) is 12.1. The maximum Gasteiger partial charge on any atom is 0.140 e. The number of nitrogens with zero attached hydrogens (tertiary/aromatic N) is 3. The van der Waals surface area contributed by atoms with Gasteiger partial charge in [-0.05, 0) is 25.7 Å². The number of hydrogen-bond donors (Lipinski definition) is 1. The first-order chi connectivity index (χ1) is 8.36. The van der Waals surface area contributed by atoms with Crippen LogP contribution in [0.2, 0.25) is 0 Å². The molecular formula is C13H22N4. The third kappa shape index (κ3) is 1.79. The van der Waals surface area contributed by atoms with Gasteiger partial charge >= 0.3 is 0 Å². The van der Waals surface area contributed by atoms with Gasteiger partial charge in [-0.1, -0.05) is 25.7 Å². The zero-order valence-corrected chi connectivity index (χ0v) is 10.4. The molecule has 17 heavy (non-hydrogen) atoms. The summed E-state index contributed by atoms with van der Waals surface area (Å²) in [5.74, 6) is 1.17. The first-order valence-corrected chi connectivity index (χ1v) is 6.96. The first kappa shape index (κ1) is 11.2. The molecule has 0 aliphatic heterocycles. The van der Waals surface area contributed by atoms with E-state index in [2.05, 4.69) is 14.8 Å². The quantitative estimate of drug-likeness (QED) is 0.872. The van der Waals surface area contributed by atoms with Crippen molar-refractivity contribution in [2.45, 2.75) is 62.8 Å². The minimum absolute atomic E-state index is 0.124. The lowest BCUT2D eigenvalue weighted by molar-refractivity contribution is 0.376. The predicted octanol–water partition coefficient (Wildman–Crippen LogP) is 2.16. The van der Waals surface area contributed by atoms with E-state index in [1.807, 2.05) is 6.33 Å². The number of rotatable bonds is 3. The summed E-state index contributed by atoms with van der Waals surface area (Å²) in [6.45, 7) is 0.721. The second-order valence-electron chi connectivity index (χ2n) is 5.69. The van der Waals surface area contributed by atoms with Gasteiger partial charge in [-0.25, -0.2) is 0 Å². The molecule has 0 amide bonds. The number of aromatic nitrogens is 3. The van der Waals surface area contributed by atoms with Crippen molar-refractivity contribution < 1.29 is 0 Å². The Morgan fingerprint density at radius 3 is 2.59 bits per heavy atom. The minimum Gasteiger partial charge on any atom is -0.329 e. The third-order valence-corrected chi connectivity index (χ3v) is 4.72. The monoisotopic (exact) mass is 234 g/mol. The van der Waals surface area contributed by atoms with E-state index in [1.165, 1.54) is 57.2 Å². The van der Waals surface area contributed by atoms with E-state index in [0.29, 0.717) is 6.04 Å². The molecule has 94 valence electrons. The average Bonchev–Trinajstić information content (AvgIpc) is 3.10. The molecule has 3 rings (SSSR count). The molecule has 4 nitrogen and oxygen atoms in total. The Morgan fingerprint density at radius 1 is 1.24 bits per heavy atom. The van der Waals surface area contributed by atoms with Crippen LogP contribution in [-0.4, -0.2) is 21.3 Å². The second kappa shape index (κ2) is 4.41. The summed E-state index contributed by atoms with van der Waals surface area (Å²) in [6, 6.07) is 0.629. The molecule has 2 aliphatic rings. The van der Waals surface area contributed by atoms with Gasteiger partial charge in [-0.15, -0.1) is 10.2 Å². The fourth-order valence-electron chi connectivity index (χ4n) is 3.64. The fraction of sp³-hybridized carbons (Fsp3) is 0.846. The van der Waals surface area contributed by atoms with Crippen LogP contribution in [0.1, 0.15) is 63.2 Å². The van der Waals surface area contributed by atoms with Crippen molar-refractivity contribution >= 4 is 0 Å². The lowest BCUT2D eigenvalue weighted by Crippen LogP contribution is -2.35. The number of nitrogens with two attached hydrogens (primary N) is 1. The standard InChI is InChI=1S/C13H22N4/c14-9-13(7-3-4-8-13)12-16-15-10-17(12)11-5-1-2-6-11/h10-11H,1-9,14H2. The molecule has 2 N–H and O–H groups in total. The molecule has 2 fully saturated rings. The molecule has 0 saturated heterocycles.